The molecule has 0 fully saturated rings. The Balaban J connectivity index is 4.11. The third-order valence-electron chi connectivity index (χ3n) is 0.909. The molecule has 0 nitrogen and oxygen atoms in total. The summed E-state index contributed by atoms with van der Waals surface area (Å²) in [7, 11) is 0. The summed E-state index contributed by atoms with van der Waals surface area (Å²) in [5.74, 6) is -0.359. The van der Waals surface area contributed by atoms with Gasteiger partial charge in [0.05, 0.1) is 0 Å². The SMILES string of the molecule is C=C/C=C(F)\C=C(\Cl)CC. The zero-order valence-electron chi connectivity index (χ0n) is 5.90. The first-order valence-corrected chi connectivity index (χ1v) is 3.42. The fourth-order valence-corrected chi connectivity index (χ4v) is 0.517. The van der Waals surface area contributed by atoms with E-state index in [9.17, 15) is 4.39 Å². The first-order valence-electron chi connectivity index (χ1n) is 3.05. The van der Waals surface area contributed by atoms with Crippen molar-refractivity contribution in [2.24, 2.45) is 0 Å². The van der Waals surface area contributed by atoms with Crippen molar-refractivity contribution in [2.45, 2.75) is 13.3 Å². The van der Waals surface area contributed by atoms with E-state index in [2.05, 4.69) is 6.58 Å². The largest absolute Gasteiger partial charge is 0.207 e. The molecule has 0 N–H and O–H groups in total. The first kappa shape index (κ1) is 9.44. The molecule has 0 aliphatic rings. The van der Waals surface area contributed by atoms with Crippen LogP contribution in [0.5, 0.6) is 0 Å². The van der Waals surface area contributed by atoms with Crippen molar-refractivity contribution in [1.29, 1.82) is 0 Å². The first-order chi connectivity index (χ1) is 4.70. The highest BCUT2D eigenvalue weighted by molar-refractivity contribution is 6.29. The fraction of sp³-hybridized carbons (Fsp3) is 0.250. The monoisotopic (exact) mass is 160 g/mol. The van der Waals surface area contributed by atoms with Crippen molar-refractivity contribution >= 4 is 11.6 Å². The molecule has 0 heterocycles. The second-order valence-corrected chi connectivity index (χ2v) is 2.22. The molecule has 0 saturated heterocycles. The Morgan fingerprint density at radius 2 is 2.30 bits per heavy atom. The lowest BCUT2D eigenvalue weighted by Gasteiger charge is -1.88. The summed E-state index contributed by atoms with van der Waals surface area (Å²) in [6, 6.07) is 0. The molecule has 0 amide bonds. The van der Waals surface area contributed by atoms with Crippen LogP contribution < -0.4 is 0 Å². The number of hydrogen-bond donors (Lipinski definition) is 0. The topological polar surface area (TPSA) is 0 Å². The van der Waals surface area contributed by atoms with Gasteiger partial charge in [-0.3, -0.25) is 0 Å². The van der Waals surface area contributed by atoms with Gasteiger partial charge in [0.1, 0.15) is 5.83 Å². The quantitative estimate of drug-likeness (QED) is 0.554. The Morgan fingerprint density at radius 1 is 1.70 bits per heavy atom. The zero-order chi connectivity index (χ0) is 7.98. The van der Waals surface area contributed by atoms with Crippen molar-refractivity contribution < 1.29 is 4.39 Å². The molecule has 2 heteroatoms. The average molecular weight is 161 g/mol. The molecule has 0 aromatic heterocycles. The van der Waals surface area contributed by atoms with E-state index in [0.717, 1.165) is 0 Å². The van der Waals surface area contributed by atoms with Gasteiger partial charge in [-0.1, -0.05) is 31.2 Å². The smallest absolute Gasteiger partial charge is 0.124 e. The third kappa shape index (κ3) is 4.33. The van der Waals surface area contributed by atoms with E-state index in [1.54, 1.807) is 0 Å². The highest BCUT2D eigenvalue weighted by atomic mass is 35.5. The molecular weight excluding hydrogens is 151 g/mol. The summed E-state index contributed by atoms with van der Waals surface area (Å²) in [6.07, 6.45) is 4.58. The minimum atomic E-state index is -0.359. The van der Waals surface area contributed by atoms with Gasteiger partial charge in [0.25, 0.3) is 0 Å². The molecule has 56 valence electrons. The van der Waals surface area contributed by atoms with Crippen LogP contribution in [0, 0.1) is 0 Å². The van der Waals surface area contributed by atoms with E-state index in [1.807, 2.05) is 6.92 Å². The predicted octanol–water partition coefficient (Wildman–Crippen LogP) is 3.56. The van der Waals surface area contributed by atoms with Gasteiger partial charge in [-0.25, -0.2) is 4.39 Å². The average Bonchev–Trinajstić information content (AvgIpc) is 1.88. The standard InChI is InChI=1S/C8H10ClF/c1-3-5-8(10)6-7(9)4-2/h3,5-6H,1,4H2,2H3/b7-6+,8-5+. The maximum absolute atomic E-state index is 12.5. The lowest BCUT2D eigenvalue weighted by atomic mass is 10.3. The van der Waals surface area contributed by atoms with Gasteiger partial charge in [-0.05, 0) is 18.6 Å². The van der Waals surface area contributed by atoms with Gasteiger partial charge in [0.2, 0.25) is 0 Å². The number of hydrogen-bond acceptors (Lipinski definition) is 0. The lowest BCUT2D eigenvalue weighted by molar-refractivity contribution is 0.666. The molecule has 0 aromatic carbocycles. The zero-order valence-corrected chi connectivity index (χ0v) is 6.66. The van der Waals surface area contributed by atoms with Gasteiger partial charge < -0.3 is 0 Å². The summed E-state index contributed by atoms with van der Waals surface area (Å²) in [5.41, 5.74) is 0. The van der Waals surface area contributed by atoms with Crippen LogP contribution in [0.15, 0.2) is 35.7 Å². The van der Waals surface area contributed by atoms with Crippen LogP contribution >= 0.6 is 11.6 Å². The Kier molecular flexibility index (Phi) is 4.95. The predicted molar refractivity (Wildman–Crippen MR) is 43.6 cm³/mol. The molecular formula is C8H10ClF. The molecule has 0 rings (SSSR count). The van der Waals surface area contributed by atoms with E-state index in [-0.39, 0.29) is 5.83 Å². The van der Waals surface area contributed by atoms with Gasteiger partial charge in [0, 0.05) is 5.03 Å². The molecule has 0 spiro atoms. The van der Waals surface area contributed by atoms with E-state index in [0.29, 0.717) is 11.5 Å². The van der Waals surface area contributed by atoms with E-state index in [4.69, 9.17) is 11.6 Å². The third-order valence-corrected chi connectivity index (χ3v) is 1.29. The van der Waals surface area contributed by atoms with Crippen LogP contribution in [-0.2, 0) is 0 Å². The fourth-order valence-electron chi connectivity index (χ4n) is 0.412. The van der Waals surface area contributed by atoms with Crippen molar-refractivity contribution in [1.82, 2.24) is 0 Å². The minimum absolute atomic E-state index is 0.359. The second-order valence-electron chi connectivity index (χ2n) is 1.73. The molecule has 0 unspecified atom stereocenters. The van der Waals surface area contributed by atoms with Crippen molar-refractivity contribution in [3.05, 3.63) is 35.7 Å². The van der Waals surface area contributed by atoms with Crippen LogP contribution in [0.1, 0.15) is 13.3 Å². The van der Waals surface area contributed by atoms with Gasteiger partial charge in [0.15, 0.2) is 0 Å². The van der Waals surface area contributed by atoms with Crippen LogP contribution in [0.3, 0.4) is 0 Å². The van der Waals surface area contributed by atoms with Crippen LogP contribution in [-0.4, -0.2) is 0 Å². The van der Waals surface area contributed by atoms with Crippen molar-refractivity contribution in [2.75, 3.05) is 0 Å². The summed E-state index contributed by atoms with van der Waals surface area (Å²) >= 11 is 5.54. The Hall–Kier alpha value is -0.560. The maximum Gasteiger partial charge on any atom is 0.124 e. The molecule has 0 aliphatic heterocycles. The highest BCUT2D eigenvalue weighted by Gasteiger charge is 1.89. The Bertz CT molecular complexity index is 168. The van der Waals surface area contributed by atoms with Crippen molar-refractivity contribution in [3.63, 3.8) is 0 Å². The number of allylic oxidation sites excluding steroid dienone is 5. The number of halogens is 2. The molecule has 0 bridgehead atoms. The number of rotatable bonds is 3. The molecule has 0 radical (unpaired) electrons. The van der Waals surface area contributed by atoms with Crippen LogP contribution in [0.25, 0.3) is 0 Å². The normalized spacial score (nSPS) is 13.5. The Morgan fingerprint density at radius 3 is 2.70 bits per heavy atom. The Labute approximate surface area is 65.7 Å². The van der Waals surface area contributed by atoms with E-state index in [1.165, 1.54) is 18.2 Å². The summed E-state index contributed by atoms with van der Waals surface area (Å²) in [6.45, 7) is 5.21. The summed E-state index contributed by atoms with van der Waals surface area (Å²) in [5, 5.41) is 0.510. The van der Waals surface area contributed by atoms with Crippen molar-refractivity contribution in [3.8, 4) is 0 Å². The second kappa shape index (κ2) is 5.24. The van der Waals surface area contributed by atoms with Gasteiger partial charge >= 0.3 is 0 Å². The van der Waals surface area contributed by atoms with Gasteiger partial charge in [-0.2, -0.15) is 0 Å². The molecule has 0 saturated carbocycles. The minimum Gasteiger partial charge on any atom is -0.207 e. The molecule has 0 atom stereocenters. The van der Waals surface area contributed by atoms with Crippen LogP contribution in [0.2, 0.25) is 0 Å². The van der Waals surface area contributed by atoms with Gasteiger partial charge in [-0.15, -0.1) is 0 Å². The molecule has 0 aromatic rings. The highest BCUT2D eigenvalue weighted by Crippen LogP contribution is 2.10. The van der Waals surface area contributed by atoms with E-state index >= 15 is 0 Å². The lowest BCUT2D eigenvalue weighted by Crippen LogP contribution is -1.68. The summed E-state index contributed by atoms with van der Waals surface area (Å²) in [4.78, 5) is 0. The molecule has 0 aliphatic carbocycles. The van der Waals surface area contributed by atoms with E-state index < -0.39 is 0 Å². The molecule has 10 heavy (non-hydrogen) atoms. The van der Waals surface area contributed by atoms with Crippen LogP contribution in [0.4, 0.5) is 4.39 Å². The summed E-state index contributed by atoms with van der Waals surface area (Å²) < 4.78 is 12.5. The maximum atomic E-state index is 12.5.